The van der Waals surface area contributed by atoms with Crippen molar-refractivity contribution in [2.45, 2.75) is 11.8 Å². The molecule has 31 heavy (non-hydrogen) atoms. The number of sulfonamides is 1. The first kappa shape index (κ1) is 23.1. The number of hydrazine groups is 1. The van der Waals surface area contributed by atoms with Gasteiger partial charge in [-0.3, -0.25) is 15.6 Å². The molecule has 0 saturated carbocycles. The molecule has 12 heteroatoms. The van der Waals surface area contributed by atoms with Gasteiger partial charge in [0.25, 0.3) is 15.9 Å². The molecule has 0 aliphatic rings. The zero-order chi connectivity index (χ0) is 22.6. The van der Waals surface area contributed by atoms with Crippen molar-refractivity contribution in [3.05, 3.63) is 69.9 Å². The third kappa shape index (κ3) is 5.21. The number of aryl methyl sites for hydroxylation is 1. The molecule has 162 valence electrons. The van der Waals surface area contributed by atoms with Crippen molar-refractivity contribution >= 4 is 56.1 Å². The van der Waals surface area contributed by atoms with E-state index in [1.54, 1.807) is 49.6 Å². The van der Waals surface area contributed by atoms with Crippen LogP contribution in [0.15, 0.2) is 62.3 Å². The summed E-state index contributed by atoms with van der Waals surface area (Å²) in [5.41, 5.74) is 5.52. The Labute approximate surface area is 193 Å². The Bertz CT molecular complexity index is 1220. The highest BCUT2D eigenvalue weighted by molar-refractivity contribution is 8.13. The van der Waals surface area contributed by atoms with Crippen LogP contribution < -0.4 is 10.9 Å². The summed E-state index contributed by atoms with van der Waals surface area (Å²) in [5.74, 6) is -0.409. The molecule has 1 heterocycles. The van der Waals surface area contributed by atoms with E-state index >= 15 is 0 Å². The highest BCUT2D eigenvalue weighted by Gasteiger charge is 2.25. The normalized spacial score (nSPS) is 11.9. The number of hydrogen-bond donors (Lipinski definition) is 2. The second-order valence-electron chi connectivity index (χ2n) is 6.03. The lowest BCUT2D eigenvalue weighted by Gasteiger charge is -2.10. The number of rotatable bonds is 4. The van der Waals surface area contributed by atoms with E-state index in [-0.39, 0.29) is 27.1 Å². The average Bonchev–Trinajstić information content (AvgIpc) is 3.12. The Hall–Kier alpha value is -2.53. The first-order chi connectivity index (χ1) is 14.7. The molecule has 0 unspecified atom stereocenters. The fraction of sp³-hybridized carbons (Fsp3) is 0.105. The minimum absolute atomic E-state index is 0.0280. The summed E-state index contributed by atoms with van der Waals surface area (Å²) in [4.78, 5) is 12.9. The van der Waals surface area contributed by atoms with Crippen LogP contribution in [-0.2, 0) is 10.0 Å². The summed E-state index contributed by atoms with van der Waals surface area (Å²) in [6.07, 6.45) is 1.61. The lowest BCUT2D eigenvalue weighted by molar-refractivity contribution is 0.0943. The van der Waals surface area contributed by atoms with Gasteiger partial charge in [0.1, 0.15) is 17.0 Å². The van der Waals surface area contributed by atoms with Crippen molar-refractivity contribution < 1.29 is 17.7 Å². The Morgan fingerprint density at radius 2 is 1.71 bits per heavy atom. The number of aromatic nitrogens is 1. The summed E-state index contributed by atoms with van der Waals surface area (Å²) in [5, 5.41) is 4.46. The standard InChI is InChI=1S/C19H16Cl2N4O4S2/c1-11-15(17(24-29-11)16-13(20)9-6-10-14(16)21)18(26)22-23-19(30-2)25-31(27,28)12-7-4-3-5-8-12/h3-10H,1-2H3,(H,22,26)(H,23,25). The number of nitrogens with zero attached hydrogens (tertiary/aromatic N) is 2. The van der Waals surface area contributed by atoms with Crippen molar-refractivity contribution in [1.29, 1.82) is 0 Å². The SMILES string of the molecule is CS/C(=N/S(=O)(=O)c1ccccc1)NNC(=O)c1c(-c2c(Cl)cccc2Cl)noc1C. The fourth-order valence-electron chi connectivity index (χ4n) is 2.57. The van der Waals surface area contributed by atoms with Gasteiger partial charge >= 0.3 is 0 Å². The summed E-state index contributed by atoms with van der Waals surface area (Å²) in [7, 11) is -3.96. The number of halogens is 2. The van der Waals surface area contributed by atoms with Crippen LogP contribution in [0.3, 0.4) is 0 Å². The molecule has 2 aromatic carbocycles. The number of amidine groups is 1. The van der Waals surface area contributed by atoms with Gasteiger partial charge in [-0.25, -0.2) is 0 Å². The van der Waals surface area contributed by atoms with Crippen molar-refractivity contribution in [1.82, 2.24) is 16.0 Å². The summed E-state index contributed by atoms with van der Waals surface area (Å²) in [6, 6.07) is 12.6. The molecule has 8 nitrogen and oxygen atoms in total. The molecule has 0 fully saturated rings. The third-order valence-corrected chi connectivity index (χ3v) is 6.63. The first-order valence-electron chi connectivity index (χ1n) is 8.65. The highest BCUT2D eigenvalue weighted by Crippen LogP contribution is 2.36. The maximum absolute atomic E-state index is 12.8. The number of thioether (sulfide) groups is 1. The van der Waals surface area contributed by atoms with Crippen LogP contribution in [0.1, 0.15) is 16.1 Å². The van der Waals surface area contributed by atoms with Crippen LogP contribution in [0.4, 0.5) is 0 Å². The lowest BCUT2D eigenvalue weighted by Crippen LogP contribution is -2.41. The lowest BCUT2D eigenvalue weighted by atomic mass is 10.1. The fourth-order valence-corrected chi connectivity index (χ4v) is 4.76. The van der Waals surface area contributed by atoms with E-state index in [4.69, 9.17) is 27.7 Å². The molecule has 0 atom stereocenters. The number of nitrogens with one attached hydrogen (secondary N) is 2. The van der Waals surface area contributed by atoms with Gasteiger partial charge in [-0.15, -0.1) is 4.40 Å². The molecule has 3 aromatic rings. The van der Waals surface area contributed by atoms with E-state index in [0.717, 1.165) is 11.8 Å². The molecule has 0 aliphatic carbocycles. The maximum Gasteiger partial charge on any atom is 0.284 e. The van der Waals surface area contributed by atoms with Gasteiger partial charge in [0.15, 0.2) is 5.17 Å². The van der Waals surface area contributed by atoms with Crippen molar-refractivity contribution in [2.24, 2.45) is 4.40 Å². The Kier molecular flexibility index (Phi) is 7.26. The Morgan fingerprint density at radius 3 is 2.32 bits per heavy atom. The van der Waals surface area contributed by atoms with Gasteiger partial charge in [0.05, 0.1) is 14.9 Å². The number of carbonyl (C=O) groups excluding carboxylic acids is 1. The van der Waals surface area contributed by atoms with Crippen molar-refractivity contribution in [3.63, 3.8) is 0 Å². The quantitative estimate of drug-likeness (QED) is 0.313. The van der Waals surface area contributed by atoms with Gasteiger partial charge in [-0.1, -0.05) is 64.4 Å². The molecule has 0 bridgehead atoms. The summed E-state index contributed by atoms with van der Waals surface area (Å²) >= 11 is 13.5. The monoisotopic (exact) mass is 498 g/mol. The molecular formula is C19H16Cl2N4O4S2. The molecular weight excluding hydrogens is 483 g/mol. The average molecular weight is 499 g/mol. The van der Waals surface area contributed by atoms with Crippen LogP contribution in [0, 0.1) is 6.92 Å². The van der Waals surface area contributed by atoms with Gasteiger partial charge in [-0.05, 0) is 37.4 Å². The molecule has 0 aliphatic heterocycles. The maximum atomic E-state index is 12.8. The van der Waals surface area contributed by atoms with Crippen LogP contribution in [0.2, 0.25) is 10.0 Å². The van der Waals surface area contributed by atoms with Crippen LogP contribution in [-0.4, -0.2) is 30.9 Å². The number of hydrogen-bond acceptors (Lipinski definition) is 6. The van der Waals surface area contributed by atoms with Crippen molar-refractivity contribution in [3.8, 4) is 11.3 Å². The zero-order valence-corrected chi connectivity index (χ0v) is 19.4. The molecule has 0 saturated heterocycles. The highest BCUT2D eigenvalue weighted by atomic mass is 35.5. The molecule has 1 amide bonds. The van der Waals surface area contributed by atoms with Gasteiger partial charge < -0.3 is 4.52 Å². The molecule has 1 aromatic heterocycles. The van der Waals surface area contributed by atoms with Crippen molar-refractivity contribution in [2.75, 3.05) is 6.26 Å². The van der Waals surface area contributed by atoms with Crippen LogP contribution in [0.5, 0.6) is 0 Å². The Morgan fingerprint density at radius 1 is 1.06 bits per heavy atom. The molecule has 0 radical (unpaired) electrons. The second kappa shape index (κ2) is 9.73. The van der Waals surface area contributed by atoms with E-state index in [2.05, 4.69) is 20.4 Å². The van der Waals surface area contributed by atoms with E-state index in [0.29, 0.717) is 15.6 Å². The largest absolute Gasteiger partial charge is 0.360 e. The van der Waals surface area contributed by atoms with E-state index < -0.39 is 15.9 Å². The first-order valence-corrected chi connectivity index (χ1v) is 12.1. The second-order valence-corrected chi connectivity index (χ2v) is 9.24. The number of benzene rings is 2. The van der Waals surface area contributed by atoms with Gasteiger partial charge in [0.2, 0.25) is 0 Å². The minimum atomic E-state index is -3.96. The minimum Gasteiger partial charge on any atom is -0.360 e. The Balaban J connectivity index is 1.85. The van der Waals surface area contributed by atoms with E-state index in [1.165, 1.54) is 12.1 Å². The number of amides is 1. The predicted molar refractivity (Wildman–Crippen MR) is 122 cm³/mol. The van der Waals surface area contributed by atoms with Gasteiger partial charge in [0, 0.05) is 5.56 Å². The van der Waals surface area contributed by atoms with E-state index in [1.807, 2.05) is 0 Å². The van der Waals surface area contributed by atoms with Crippen LogP contribution in [0.25, 0.3) is 11.3 Å². The van der Waals surface area contributed by atoms with Crippen LogP contribution >= 0.6 is 35.0 Å². The topological polar surface area (TPSA) is 114 Å². The van der Waals surface area contributed by atoms with E-state index in [9.17, 15) is 13.2 Å². The molecule has 2 N–H and O–H groups in total. The third-order valence-electron chi connectivity index (χ3n) is 4.01. The molecule has 0 spiro atoms. The zero-order valence-electron chi connectivity index (χ0n) is 16.2. The molecule has 3 rings (SSSR count). The predicted octanol–water partition coefficient (Wildman–Crippen LogP) is 4.30. The summed E-state index contributed by atoms with van der Waals surface area (Å²) < 4.78 is 33.8. The number of carbonyl (C=O) groups is 1. The van der Waals surface area contributed by atoms with Gasteiger partial charge in [-0.2, -0.15) is 8.42 Å². The summed E-state index contributed by atoms with van der Waals surface area (Å²) in [6.45, 7) is 1.56. The smallest absolute Gasteiger partial charge is 0.284 e.